The minimum absolute atomic E-state index is 0.172. The molecule has 0 aliphatic carbocycles. The van der Waals surface area contributed by atoms with E-state index < -0.39 is 0 Å². The normalized spacial score (nSPS) is 10.2. The van der Waals surface area contributed by atoms with Crippen molar-refractivity contribution in [1.29, 1.82) is 0 Å². The Morgan fingerprint density at radius 2 is 2.24 bits per heavy atom. The van der Waals surface area contributed by atoms with Gasteiger partial charge in [0.2, 0.25) is 0 Å². The van der Waals surface area contributed by atoms with Gasteiger partial charge in [-0.05, 0) is 25.1 Å². The molecule has 5 heteroatoms. The van der Waals surface area contributed by atoms with Crippen LogP contribution in [0.4, 0.5) is 11.4 Å². The number of rotatable bonds is 2. The Labute approximate surface area is 98.8 Å². The zero-order chi connectivity index (χ0) is 12.4. The van der Waals surface area contributed by atoms with Crippen LogP contribution in [-0.2, 0) is 0 Å². The zero-order valence-electron chi connectivity index (χ0n) is 9.68. The number of nitrogen functional groups attached to an aromatic ring is 1. The van der Waals surface area contributed by atoms with Crippen LogP contribution in [0.5, 0.6) is 0 Å². The molecule has 2 N–H and O–H groups in total. The van der Waals surface area contributed by atoms with Crippen LogP contribution in [0.15, 0.2) is 35.0 Å². The summed E-state index contributed by atoms with van der Waals surface area (Å²) in [5.41, 5.74) is 7.48. The Bertz CT molecular complexity index is 548. The first kappa shape index (κ1) is 11.2. The Balaban J connectivity index is 2.30. The van der Waals surface area contributed by atoms with Crippen molar-refractivity contribution in [2.75, 3.05) is 17.7 Å². The summed E-state index contributed by atoms with van der Waals surface area (Å²) in [5, 5.41) is 3.59. The zero-order valence-corrected chi connectivity index (χ0v) is 9.68. The van der Waals surface area contributed by atoms with Crippen LogP contribution in [0.25, 0.3) is 0 Å². The average molecular weight is 231 g/mol. The van der Waals surface area contributed by atoms with Crippen molar-refractivity contribution < 1.29 is 9.32 Å². The highest BCUT2D eigenvalue weighted by Crippen LogP contribution is 2.19. The molecular formula is C12H13N3O2. The number of aryl methyl sites for hydroxylation is 1. The monoisotopic (exact) mass is 231 g/mol. The molecular weight excluding hydrogens is 218 g/mol. The summed E-state index contributed by atoms with van der Waals surface area (Å²) in [4.78, 5) is 13.6. The molecule has 0 bridgehead atoms. The van der Waals surface area contributed by atoms with Crippen LogP contribution in [0.3, 0.4) is 0 Å². The lowest BCUT2D eigenvalue weighted by Crippen LogP contribution is -2.26. The van der Waals surface area contributed by atoms with E-state index in [2.05, 4.69) is 5.16 Å². The van der Waals surface area contributed by atoms with Crippen LogP contribution < -0.4 is 10.6 Å². The van der Waals surface area contributed by atoms with Crippen molar-refractivity contribution in [1.82, 2.24) is 5.16 Å². The molecule has 0 atom stereocenters. The molecule has 1 aromatic carbocycles. The van der Waals surface area contributed by atoms with Crippen LogP contribution in [0.2, 0.25) is 0 Å². The van der Waals surface area contributed by atoms with E-state index in [1.807, 2.05) is 6.07 Å². The van der Waals surface area contributed by atoms with Gasteiger partial charge in [-0.2, -0.15) is 0 Å². The van der Waals surface area contributed by atoms with Gasteiger partial charge in [0, 0.05) is 18.4 Å². The molecule has 0 saturated heterocycles. The molecule has 0 fully saturated rings. The van der Waals surface area contributed by atoms with Crippen molar-refractivity contribution in [2.24, 2.45) is 0 Å². The first-order chi connectivity index (χ1) is 8.09. The highest BCUT2D eigenvalue weighted by Gasteiger charge is 2.18. The number of aromatic nitrogens is 1. The van der Waals surface area contributed by atoms with Gasteiger partial charge in [0.25, 0.3) is 5.91 Å². The van der Waals surface area contributed by atoms with Crippen LogP contribution in [0.1, 0.15) is 16.1 Å². The van der Waals surface area contributed by atoms with E-state index >= 15 is 0 Å². The van der Waals surface area contributed by atoms with E-state index in [9.17, 15) is 4.79 Å². The standard InChI is InChI=1S/C12H13N3O2/c1-8-11(7-14-17-8)12(16)15(2)10-5-3-4-9(13)6-10/h3-7H,13H2,1-2H3. The van der Waals surface area contributed by atoms with E-state index in [0.29, 0.717) is 17.0 Å². The Morgan fingerprint density at radius 3 is 2.82 bits per heavy atom. The number of hydrogen-bond donors (Lipinski definition) is 1. The van der Waals surface area contributed by atoms with Gasteiger partial charge in [-0.3, -0.25) is 4.79 Å². The molecule has 1 heterocycles. The largest absolute Gasteiger partial charge is 0.399 e. The third-order valence-corrected chi connectivity index (χ3v) is 2.54. The summed E-state index contributed by atoms with van der Waals surface area (Å²) < 4.78 is 4.87. The highest BCUT2D eigenvalue weighted by molar-refractivity contribution is 6.06. The lowest BCUT2D eigenvalue weighted by atomic mass is 10.2. The first-order valence-corrected chi connectivity index (χ1v) is 5.14. The third kappa shape index (κ3) is 2.13. The maximum Gasteiger partial charge on any atom is 0.263 e. The van der Waals surface area contributed by atoms with Crippen molar-refractivity contribution in [2.45, 2.75) is 6.92 Å². The summed E-state index contributed by atoms with van der Waals surface area (Å²) in [6, 6.07) is 7.12. The van der Waals surface area contributed by atoms with Gasteiger partial charge in [0.05, 0.1) is 6.20 Å². The van der Waals surface area contributed by atoms with Gasteiger partial charge in [0.1, 0.15) is 11.3 Å². The maximum absolute atomic E-state index is 12.1. The summed E-state index contributed by atoms with van der Waals surface area (Å²) in [6.45, 7) is 1.70. The van der Waals surface area contributed by atoms with Crippen molar-refractivity contribution in [3.63, 3.8) is 0 Å². The number of hydrogen-bond acceptors (Lipinski definition) is 4. The van der Waals surface area contributed by atoms with Crippen molar-refractivity contribution in [3.05, 3.63) is 41.8 Å². The van der Waals surface area contributed by atoms with Gasteiger partial charge in [-0.1, -0.05) is 11.2 Å². The quantitative estimate of drug-likeness (QED) is 0.800. The molecule has 88 valence electrons. The minimum Gasteiger partial charge on any atom is -0.399 e. The highest BCUT2D eigenvalue weighted by atomic mass is 16.5. The molecule has 5 nitrogen and oxygen atoms in total. The van der Waals surface area contributed by atoms with Gasteiger partial charge in [-0.15, -0.1) is 0 Å². The summed E-state index contributed by atoms with van der Waals surface area (Å²) in [5.74, 6) is 0.333. The predicted octanol–water partition coefficient (Wildman–Crippen LogP) is 1.84. The number of amides is 1. The summed E-state index contributed by atoms with van der Waals surface area (Å²) >= 11 is 0. The SMILES string of the molecule is Cc1oncc1C(=O)N(C)c1cccc(N)c1. The average Bonchev–Trinajstić information content (AvgIpc) is 2.73. The van der Waals surface area contributed by atoms with Gasteiger partial charge in [0.15, 0.2) is 0 Å². The summed E-state index contributed by atoms with van der Waals surface area (Å²) in [6.07, 6.45) is 1.42. The predicted molar refractivity (Wildman–Crippen MR) is 64.8 cm³/mol. The molecule has 2 aromatic rings. The van der Waals surface area contributed by atoms with E-state index in [-0.39, 0.29) is 5.91 Å². The number of nitrogens with zero attached hydrogens (tertiary/aromatic N) is 2. The lowest BCUT2D eigenvalue weighted by molar-refractivity contribution is 0.0991. The number of carbonyl (C=O) groups excluding carboxylic acids is 1. The molecule has 0 unspecified atom stereocenters. The van der Waals surface area contributed by atoms with Crippen LogP contribution in [-0.4, -0.2) is 18.1 Å². The van der Waals surface area contributed by atoms with E-state index in [1.165, 1.54) is 11.1 Å². The molecule has 1 amide bonds. The fraction of sp³-hybridized carbons (Fsp3) is 0.167. The molecule has 0 spiro atoms. The van der Waals surface area contributed by atoms with Crippen LogP contribution >= 0.6 is 0 Å². The molecule has 2 rings (SSSR count). The fourth-order valence-corrected chi connectivity index (χ4v) is 1.54. The fourth-order valence-electron chi connectivity index (χ4n) is 1.54. The maximum atomic E-state index is 12.1. The van der Waals surface area contributed by atoms with Crippen molar-refractivity contribution >= 4 is 17.3 Å². The second kappa shape index (κ2) is 4.29. The third-order valence-electron chi connectivity index (χ3n) is 2.54. The molecule has 17 heavy (non-hydrogen) atoms. The minimum atomic E-state index is -0.172. The Morgan fingerprint density at radius 1 is 1.47 bits per heavy atom. The van der Waals surface area contributed by atoms with E-state index in [4.69, 9.17) is 10.3 Å². The van der Waals surface area contributed by atoms with Gasteiger partial charge in [-0.25, -0.2) is 0 Å². The number of nitrogens with two attached hydrogens (primary N) is 1. The molecule has 0 radical (unpaired) electrons. The van der Waals surface area contributed by atoms with Crippen LogP contribution in [0, 0.1) is 6.92 Å². The number of anilines is 2. The molecule has 0 aliphatic heterocycles. The number of benzene rings is 1. The molecule has 1 aromatic heterocycles. The molecule has 0 saturated carbocycles. The second-order valence-electron chi connectivity index (χ2n) is 3.75. The Kier molecular flexibility index (Phi) is 2.82. The summed E-state index contributed by atoms with van der Waals surface area (Å²) in [7, 11) is 1.68. The second-order valence-corrected chi connectivity index (χ2v) is 3.75. The van der Waals surface area contributed by atoms with Gasteiger partial charge < -0.3 is 15.2 Å². The first-order valence-electron chi connectivity index (χ1n) is 5.14. The number of carbonyl (C=O) groups is 1. The van der Waals surface area contributed by atoms with Gasteiger partial charge >= 0.3 is 0 Å². The van der Waals surface area contributed by atoms with Crippen molar-refractivity contribution in [3.8, 4) is 0 Å². The smallest absolute Gasteiger partial charge is 0.263 e. The van der Waals surface area contributed by atoms with E-state index in [0.717, 1.165) is 5.69 Å². The lowest BCUT2D eigenvalue weighted by Gasteiger charge is -2.16. The topological polar surface area (TPSA) is 72.4 Å². The van der Waals surface area contributed by atoms with E-state index in [1.54, 1.807) is 32.2 Å². The molecule has 0 aliphatic rings. The Hall–Kier alpha value is -2.30.